The van der Waals surface area contributed by atoms with E-state index in [1.807, 2.05) is 0 Å². The lowest BCUT2D eigenvalue weighted by molar-refractivity contribution is 0.00307. The maximum absolute atomic E-state index is 10.3. The van der Waals surface area contributed by atoms with E-state index in [0.29, 0.717) is 5.16 Å². The summed E-state index contributed by atoms with van der Waals surface area (Å²) in [6.45, 7) is 10.1. The van der Waals surface area contributed by atoms with Crippen LogP contribution in [0.5, 0.6) is 0 Å². The Kier molecular flexibility index (Phi) is 31.4. The number of nitrogens with two attached hydrogens (primary N) is 1. The lowest BCUT2D eigenvalue weighted by Gasteiger charge is -2.39. The predicted octanol–water partition coefficient (Wildman–Crippen LogP) is 12.6. The van der Waals surface area contributed by atoms with Crippen molar-refractivity contribution < 1.29 is 9.53 Å². The summed E-state index contributed by atoms with van der Waals surface area (Å²) < 4.78 is 5.18. The van der Waals surface area contributed by atoms with E-state index in [1.54, 1.807) is 0 Å². The molecule has 1 aliphatic heterocycles. The summed E-state index contributed by atoms with van der Waals surface area (Å²) >= 11 is 0. The minimum absolute atomic E-state index is 0.147. The van der Waals surface area contributed by atoms with E-state index >= 15 is 0 Å². The topological polar surface area (TPSA) is 64.4 Å². The first kappa shape index (κ1) is 42.7. The number of ether oxygens (including phenoxy) is 1. The molecule has 0 bridgehead atoms. The molecule has 1 fully saturated rings. The molecule has 0 saturated carbocycles. The maximum Gasteiger partial charge on any atom is 0.314 e. The summed E-state index contributed by atoms with van der Waals surface area (Å²) in [5, 5.41) is 3.02. The number of amides is 2. The summed E-state index contributed by atoms with van der Waals surface area (Å²) in [5.74, 6) is 0.941. The van der Waals surface area contributed by atoms with Crippen molar-refractivity contribution in [3.05, 3.63) is 0 Å². The van der Waals surface area contributed by atoms with Gasteiger partial charge in [-0.05, 0) is 56.0 Å². The van der Waals surface area contributed by atoms with E-state index in [0.717, 1.165) is 31.8 Å². The molecule has 1 rings (SSSR count). The van der Waals surface area contributed by atoms with E-state index in [4.69, 9.17) is 10.5 Å². The standard InChI is InChI=1S/C32H67P.C6H12N2O2/c1-5-9-13-17-18-19-20-21-22-24-28-31(27-23-14-10-6-2)32(33,29-25-15-11-7-3)30-26-16-12-8-4;7-6(9)8-5-3-1-2-4-10-5/h31H,5-30,33H2,1-4H3;5H,1-4H2,(H3,7,8,9). The Morgan fingerprint density at radius 2 is 1.07 bits per heavy atom. The number of unbranched alkanes of at least 4 members (excludes halogenated alkanes) is 18. The largest absolute Gasteiger partial charge is 0.358 e. The number of hydrogen-bond donors (Lipinski definition) is 2. The van der Waals surface area contributed by atoms with Gasteiger partial charge in [-0.15, -0.1) is 9.24 Å². The van der Waals surface area contributed by atoms with Gasteiger partial charge in [-0.1, -0.05) is 169 Å². The third-order valence-electron chi connectivity index (χ3n) is 9.60. The molecule has 0 aromatic carbocycles. The number of hydrogen-bond acceptors (Lipinski definition) is 2. The smallest absolute Gasteiger partial charge is 0.314 e. The van der Waals surface area contributed by atoms with Crippen LogP contribution in [0, 0.1) is 5.92 Å². The lowest BCUT2D eigenvalue weighted by atomic mass is 9.77. The number of urea groups is 1. The summed E-state index contributed by atoms with van der Waals surface area (Å²) in [5.41, 5.74) is 4.89. The van der Waals surface area contributed by atoms with Gasteiger partial charge in [0.1, 0.15) is 6.23 Å². The molecule has 4 nitrogen and oxygen atoms in total. The maximum atomic E-state index is 10.3. The van der Waals surface area contributed by atoms with Crippen molar-refractivity contribution in [2.45, 2.75) is 225 Å². The van der Waals surface area contributed by atoms with Gasteiger partial charge >= 0.3 is 6.03 Å². The van der Waals surface area contributed by atoms with Crippen molar-refractivity contribution >= 4 is 15.3 Å². The van der Waals surface area contributed by atoms with Gasteiger partial charge in [-0.25, -0.2) is 4.79 Å². The van der Waals surface area contributed by atoms with Gasteiger partial charge in [0.25, 0.3) is 0 Å². The highest BCUT2D eigenvalue weighted by Crippen LogP contribution is 2.44. The Morgan fingerprint density at radius 1 is 0.674 bits per heavy atom. The van der Waals surface area contributed by atoms with Gasteiger partial charge in [-0.2, -0.15) is 0 Å². The monoisotopic (exact) mass is 627 g/mol. The van der Waals surface area contributed by atoms with Gasteiger partial charge in [0.2, 0.25) is 0 Å². The Morgan fingerprint density at radius 3 is 1.47 bits per heavy atom. The second-order valence-corrected chi connectivity index (χ2v) is 14.9. The number of carbonyl (C=O) groups excluding carboxylic acids is 1. The molecule has 5 heteroatoms. The fourth-order valence-corrected chi connectivity index (χ4v) is 7.46. The third kappa shape index (κ3) is 26.6. The van der Waals surface area contributed by atoms with E-state index < -0.39 is 6.03 Å². The summed E-state index contributed by atoms with van der Waals surface area (Å²) in [4.78, 5) is 10.3. The van der Waals surface area contributed by atoms with Crippen molar-refractivity contribution in [3.63, 3.8) is 0 Å². The number of rotatable bonds is 28. The molecule has 0 spiro atoms. The molecular formula is C38H79N2O2P. The van der Waals surface area contributed by atoms with Crippen LogP contribution in [-0.4, -0.2) is 24.0 Å². The zero-order chi connectivity index (χ0) is 31.9. The Bertz CT molecular complexity index is 570. The second-order valence-electron chi connectivity index (χ2n) is 13.7. The minimum atomic E-state index is -0.507. The normalized spacial score (nSPS) is 16.0. The highest BCUT2D eigenvalue weighted by Gasteiger charge is 2.32. The molecule has 0 aromatic rings. The summed E-state index contributed by atoms with van der Waals surface area (Å²) in [6, 6.07) is -0.507. The molecule has 2 amide bonds. The minimum Gasteiger partial charge on any atom is -0.358 e. The molecule has 1 heterocycles. The molecular weight excluding hydrogens is 547 g/mol. The van der Waals surface area contributed by atoms with Crippen molar-refractivity contribution in [1.82, 2.24) is 5.32 Å². The molecule has 3 atom stereocenters. The van der Waals surface area contributed by atoms with Crippen LogP contribution in [0.2, 0.25) is 0 Å². The van der Waals surface area contributed by atoms with Crippen LogP contribution in [0.3, 0.4) is 0 Å². The van der Waals surface area contributed by atoms with Crippen molar-refractivity contribution in [1.29, 1.82) is 0 Å². The van der Waals surface area contributed by atoms with Gasteiger partial charge in [0.05, 0.1) is 0 Å². The lowest BCUT2D eigenvalue weighted by Crippen LogP contribution is -2.41. The van der Waals surface area contributed by atoms with Crippen molar-refractivity contribution in [2.75, 3.05) is 6.61 Å². The molecule has 0 aliphatic carbocycles. The van der Waals surface area contributed by atoms with Crippen LogP contribution in [0.15, 0.2) is 0 Å². The molecule has 3 N–H and O–H groups in total. The van der Waals surface area contributed by atoms with Crippen molar-refractivity contribution in [3.8, 4) is 0 Å². The second kappa shape index (κ2) is 31.6. The molecule has 1 saturated heterocycles. The average Bonchev–Trinajstić information content (AvgIpc) is 3.00. The fraction of sp³-hybridized carbons (Fsp3) is 0.974. The molecule has 0 radical (unpaired) electrons. The molecule has 43 heavy (non-hydrogen) atoms. The first-order chi connectivity index (χ1) is 20.9. The predicted molar refractivity (Wildman–Crippen MR) is 195 cm³/mol. The van der Waals surface area contributed by atoms with Crippen LogP contribution in [0.25, 0.3) is 0 Å². The highest BCUT2D eigenvalue weighted by atomic mass is 31.0. The van der Waals surface area contributed by atoms with Gasteiger partial charge in [0.15, 0.2) is 0 Å². The fourth-order valence-electron chi connectivity index (χ4n) is 6.72. The first-order valence-corrected chi connectivity index (χ1v) is 20.0. The van der Waals surface area contributed by atoms with Crippen LogP contribution >= 0.6 is 9.24 Å². The van der Waals surface area contributed by atoms with Crippen molar-refractivity contribution in [2.24, 2.45) is 11.7 Å². The van der Waals surface area contributed by atoms with Crippen LogP contribution in [0.1, 0.15) is 214 Å². The third-order valence-corrected chi connectivity index (χ3v) is 10.6. The zero-order valence-corrected chi connectivity index (χ0v) is 31.0. The number of carbonyl (C=O) groups is 1. The Labute approximate surface area is 273 Å². The van der Waals surface area contributed by atoms with E-state index in [1.165, 1.54) is 167 Å². The zero-order valence-electron chi connectivity index (χ0n) is 29.8. The van der Waals surface area contributed by atoms with Gasteiger partial charge < -0.3 is 15.8 Å². The molecule has 0 aromatic heterocycles. The van der Waals surface area contributed by atoms with E-state index in [2.05, 4.69) is 42.3 Å². The van der Waals surface area contributed by atoms with Crippen LogP contribution < -0.4 is 11.1 Å². The van der Waals surface area contributed by atoms with E-state index in [9.17, 15) is 4.79 Å². The highest BCUT2D eigenvalue weighted by molar-refractivity contribution is 7.19. The van der Waals surface area contributed by atoms with Crippen LogP contribution in [0.4, 0.5) is 4.79 Å². The number of nitrogens with one attached hydrogen (secondary N) is 1. The molecule has 258 valence electrons. The molecule has 3 unspecified atom stereocenters. The Balaban J connectivity index is 0.00000147. The quantitative estimate of drug-likeness (QED) is 0.0670. The average molecular weight is 627 g/mol. The molecule has 1 aliphatic rings. The summed E-state index contributed by atoms with van der Waals surface area (Å²) in [6.07, 6.45) is 40.5. The Hall–Kier alpha value is -0.340. The number of primary amides is 1. The van der Waals surface area contributed by atoms with Gasteiger partial charge in [-0.3, -0.25) is 0 Å². The SMILES string of the molecule is CCCCCCCCCCCCC(CCCCCC)C(P)(CCCCCC)CCCCCC.NC(=O)NC1CCCCO1. The van der Waals surface area contributed by atoms with E-state index in [-0.39, 0.29) is 6.23 Å². The van der Waals surface area contributed by atoms with Gasteiger partial charge in [0, 0.05) is 6.61 Å². The summed E-state index contributed by atoms with van der Waals surface area (Å²) in [7, 11) is 3.49. The van der Waals surface area contributed by atoms with Crippen LogP contribution in [-0.2, 0) is 4.74 Å². The first-order valence-electron chi connectivity index (χ1n) is 19.4.